The number of nitriles is 1. The molecule has 0 unspecified atom stereocenters. The number of phenolic OH excluding ortho intramolecular Hbond substituents is 2. The van der Waals surface area contributed by atoms with Gasteiger partial charge in [-0.15, -0.1) is 0 Å². The first kappa shape index (κ1) is 18.0. The Morgan fingerprint density at radius 3 is 2.37 bits per heavy atom. The number of benzene rings is 3. The predicted octanol–water partition coefficient (Wildman–Crippen LogP) is 3.61. The molecule has 0 aromatic heterocycles. The van der Waals surface area contributed by atoms with Crippen LogP contribution in [0.4, 0.5) is 0 Å². The maximum Gasteiger partial charge on any atom is 0.251 e. The average molecular weight is 358 g/mol. The molecule has 3 aromatic rings. The van der Waals surface area contributed by atoms with Crippen LogP contribution in [0.15, 0.2) is 66.7 Å². The number of nitrogens with zero attached hydrogens (tertiary/aromatic N) is 1. The maximum atomic E-state index is 12.7. The lowest BCUT2D eigenvalue weighted by Crippen LogP contribution is -2.26. The molecule has 0 radical (unpaired) electrons. The fourth-order valence-corrected chi connectivity index (χ4v) is 2.87. The highest BCUT2D eigenvalue weighted by atomic mass is 16.3. The molecule has 0 fully saturated rings. The molecule has 134 valence electrons. The molecule has 0 atom stereocenters. The zero-order valence-corrected chi connectivity index (χ0v) is 14.5. The second kappa shape index (κ2) is 8.07. The van der Waals surface area contributed by atoms with Gasteiger partial charge in [-0.2, -0.15) is 5.26 Å². The van der Waals surface area contributed by atoms with Gasteiger partial charge in [0.15, 0.2) is 11.5 Å². The van der Waals surface area contributed by atoms with E-state index in [0.717, 1.165) is 5.56 Å². The summed E-state index contributed by atoms with van der Waals surface area (Å²) in [6.45, 7) is 0.372. The standard InChI is InChI=1S/C22H18N2O3/c23-14-16-5-1-2-6-17(16)18-7-3-4-8-19(18)22(27)24-12-11-15-9-10-20(25)21(26)13-15/h1-10,13,25-26H,11-12H2,(H,24,27). The van der Waals surface area contributed by atoms with Gasteiger partial charge in [0.25, 0.3) is 5.91 Å². The maximum absolute atomic E-state index is 12.7. The summed E-state index contributed by atoms with van der Waals surface area (Å²) in [5.41, 5.74) is 3.23. The Hall–Kier alpha value is -3.78. The molecule has 5 heteroatoms. The molecule has 0 aliphatic heterocycles. The van der Waals surface area contributed by atoms with Crippen LogP contribution in [0.2, 0.25) is 0 Å². The number of carbonyl (C=O) groups excluding carboxylic acids is 1. The molecule has 3 rings (SSSR count). The first-order chi connectivity index (χ1) is 13.1. The quantitative estimate of drug-likeness (QED) is 0.608. The lowest BCUT2D eigenvalue weighted by atomic mass is 9.95. The number of amides is 1. The number of hydrogen-bond acceptors (Lipinski definition) is 4. The minimum atomic E-state index is -0.235. The Morgan fingerprint density at radius 2 is 1.63 bits per heavy atom. The summed E-state index contributed by atoms with van der Waals surface area (Å²) in [6.07, 6.45) is 0.510. The Morgan fingerprint density at radius 1 is 0.926 bits per heavy atom. The van der Waals surface area contributed by atoms with Crippen molar-refractivity contribution >= 4 is 5.91 Å². The summed E-state index contributed by atoms with van der Waals surface area (Å²) in [4.78, 5) is 12.7. The van der Waals surface area contributed by atoms with Crippen molar-refractivity contribution in [2.24, 2.45) is 0 Å². The third-order valence-electron chi connectivity index (χ3n) is 4.25. The summed E-state index contributed by atoms with van der Waals surface area (Å²) in [5, 5.41) is 31.1. The van der Waals surface area contributed by atoms with E-state index in [2.05, 4.69) is 11.4 Å². The van der Waals surface area contributed by atoms with E-state index in [4.69, 9.17) is 0 Å². The van der Waals surface area contributed by atoms with Gasteiger partial charge in [-0.1, -0.05) is 42.5 Å². The topological polar surface area (TPSA) is 93.4 Å². The van der Waals surface area contributed by atoms with Crippen LogP contribution < -0.4 is 5.32 Å². The summed E-state index contributed by atoms with van der Waals surface area (Å²) in [6, 6.07) is 21.1. The van der Waals surface area contributed by atoms with Gasteiger partial charge in [0.1, 0.15) is 0 Å². The summed E-state index contributed by atoms with van der Waals surface area (Å²) >= 11 is 0. The van der Waals surface area contributed by atoms with E-state index < -0.39 is 0 Å². The first-order valence-electron chi connectivity index (χ1n) is 8.47. The molecule has 1 amide bonds. The number of hydrogen-bond donors (Lipinski definition) is 3. The lowest BCUT2D eigenvalue weighted by Gasteiger charge is -2.12. The van der Waals surface area contributed by atoms with Crippen molar-refractivity contribution in [1.29, 1.82) is 5.26 Å². The Labute approximate surface area is 157 Å². The second-order valence-electron chi connectivity index (χ2n) is 6.03. The Balaban J connectivity index is 1.76. The molecule has 27 heavy (non-hydrogen) atoms. The van der Waals surface area contributed by atoms with Gasteiger partial charge in [0.2, 0.25) is 0 Å². The van der Waals surface area contributed by atoms with Gasteiger partial charge in [-0.3, -0.25) is 4.79 Å². The molecule has 0 bridgehead atoms. The lowest BCUT2D eigenvalue weighted by molar-refractivity contribution is 0.0955. The highest BCUT2D eigenvalue weighted by Gasteiger charge is 2.14. The van der Waals surface area contributed by atoms with Crippen LogP contribution in [0, 0.1) is 11.3 Å². The minimum absolute atomic E-state index is 0.173. The third-order valence-corrected chi connectivity index (χ3v) is 4.25. The fraction of sp³-hybridized carbons (Fsp3) is 0.0909. The van der Waals surface area contributed by atoms with Crippen molar-refractivity contribution in [3.63, 3.8) is 0 Å². The largest absolute Gasteiger partial charge is 0.504 e. The number of phenols is 2. The first-order valence-corrected chi connectivity index (χ1v) is 8.47. The monoisotopic (exact) mass is 358 g/mol. The second-order valence-corrected chi connectivity index (χ2v) is 6.03. The molecule has 0 saturated heterocycles. The molecule has 0 aliphatic rings. The van der Waals surface area contributed by atoms with Crippen LogP contribution in [0.5, 0.6) is 11.5 Å². The summed E-state index contributed by atoms with van der Waals surface area (Å²) in [5.74, 6) is -0.591. The van der Waals surface area contributed by atoms with E-state index in [0.29, 0.717) is 35.2 Å². The number of rotatable bonds is 5. The molecule has 3 N–H and O–H groups in total. The number of carbonyl (C=O) groups is 1. The van der Waals surface area contributed by atoms with Gasteiger partial charge in [0.05, 0.1) is 11.6 Å². The molecular weight excluding hydrogens is 340 g/mol. The SMILES string of the molecule is N#Cc1ccccc1-c1ccccc1C(=O)NCCc1ccc(O)c(O)c1. The van der Waals surface area contributed by atoms with Crippen molar-refractivity contribution in [3.8, 4) is 28.7 Å². The van der Waals surface area contributed by atoms with Gasteiger partial charge >= 0.3 is 0 Å². The zero-order chi connectivity index (χ0) is 19.2. The predicted molar refractivity (Wildman–Crippen MR) is 102 cm³/mol. The number of aromatic hydroxyl groups is 2. The molecule has 0 spiro atoms. The minimum Gasteiger partial charge on any atom is -0.504 e. The van der Waals surface area contributed by atoms with Crippen molar-refractivity contribution in [2.75, 3.05) is 6.54 Å². The molecule has 3 aromatic carbocycles. The zero-order valence-electron chi connectivity index (χ0n) is 14.5. The van der Waals surface area contributed by atoms with E-state index in [1.54, 1.807) is 30.3 Å². The van der Waals surface area contributed by atoms with Crippen LogP contribution in [0.1, 0.15) is 21.5 Å². The van der Waals surface area contributed by atoms with E-state index in [9.17, 15) is 20.3 Å². The van der Waals surface area contributed by atoms with Crippen LogP contribution in [-0.2, 0) is 6.42 Å². The summed E-state index contributed by atoms with van der Waals surface area (Å²) < 4.78 is 0. The van der Waals surface area contributed by atoms with Crippen molar-refractivity contribution in [3.05, 3.63) is 83.4 Å². The molecule has 0 aliphatic carbocycles. The van der Waals surface area contributed by atoms with E-state index in [1.807, 2.05) is 24.3 Å². The smallest absolute Gasteiger partial charge is 0.251 e. The molecule has 5 nitrogen and oxygen atoms in total. The van der Waals surface area contributed by atoms with Crippen LogP contribution in [0.25, 0.3) is 11.1 Å². The van der Waals surface area contributed by atoms with Crippen molar-refractivity contribution < 1.29 is 15.0 Å². The molecule has 0 saturated carbocycles. The van der Waals surface area contributed by atoms with Crippen LogP contribution in [-0.4, -0.2) is 22.7 Å². The highest BCUT2D eigenvalue weighted by molar-refractivity contribution is 6.01. The molecular formula is C22H18N2O3. The number of nitrogens with one attached hydrogen (secondary N) is 1. The highest BCUT2D eigenvalue weighted by Crippen LogP contribution is 2.27. The van der Waals surface area contributed by atoms with Gasteiger partial charge in [-0.05, 0) is 41.8 Å². The average Bonchev–Trinajstić information content (AvgIpc) is 2.70. The Kier molecular flexibility index (Phi) is 5.38. The van der Waals surface area contributed by atoms with Gasteiger partial charge < -0.3 is 15.5 Å². The van der Waals surface area contributed by atoms with E-state index in [-0.39, 0.29) is 17.4 Å². The van der Waals surface area contributed by atoms with Crippen molar-refractivity contribution in [2.45, 2.75) is 6.42 Å². The van der Waals surface area contributed by atoms with Gasteiger partial charge in [-0.25, -0.2) is 0 Å². The van der Waals surface area contributed by atoms with E-state index in [1.165, 1.54) is 12.1 Å². The summed E-state index contributed by atoms with van der Waals surface area (Å²) in [7, 11) is 0. The van der Waals surface area contributed by atoms with Crippen LogP contribution >= 0.6 is 0 Å². The van der Waals surface area contributed by atoms with Crippen LogP contribution in [0.3, 0.4) is 0 Å². The fourth-order valence-electron chi connectivity index (χ4n) is 2.87. The third kappa shape index (κ3) is 4.07. The molecule has 0 heterocycles. The normalized spacial score (nSPS) is 10.2. The Bertz CT molecular complexity index is 1020. The van der Waals surface area contributed by atoms with E-state index >= 15 is 0 Å². The van der Waals surface area contributed by atoms with Gasteiger partial charge in [0, 0.05) is 17.7 Å². The van der Waals surface area contributed by atoms with Crippen molar-refractivity contribution in [1.82, 2.24) is 5.32 Å².